The van der Waals surface area contributed by atoms with Crippen LogP contribution in [0.15, 0.2) is 18.2 Å². The van der Waals surface area contributed by atoms with Gasteiger partial charge in [0.15, 0.2) is 0 Å². The van der Waals surface area contributed by atoms with E-state index in [1.165, 1.54) is 43.5 Å². The van der Waals surface area contributed by atoms with Crippen LogP contribution in [0.5, 0.6) is 5.75 Å². The number of hydrogen-bond acceptors (Lipinski definition) is 4. The molecular formula is C23H33N3O3. The van der Waals surface area contributed by atoms with Crippen LogP contribution in [0.25, 0.3) is 0 Å². The standard InChI is InChI=1S/C23H33N3O3/c27-23(25-12-14-28-15-13-25)26-11-8-22(17-26)29-21-5-4-18-6-9-24(20-2-1-3-20)10-7-19(18)16-21/h4-5,16,20,22H,1-3,6-15,17H2/t22-/m0/s1. The van der Waals surface area contributed by atoms with Gasteiger partial charge in [-0.05, 0) is 48.9 Å². The number of carbonyl (C=O) groups is 1. The van der Waals surface area contributed by atoms with Crippen molar-refractivity contribution in [2.75, 3.05) is 52.5 Å². The molecule has 5 rings (SSSR count). The van der Waals surface area contributed by atoms with Crippen molar-refractivity contribution in [2.45, 2.75) is 50.7 Å². The van der Waals surface area contributed by atoms with Crippen LogP contribution in [0.1, 0.15) is 36.8 Å². The molecule has 0 bridgehead atoms. The molecule has 1 saturated carbocycles. The summed E-state index contributed by atoms with van der Waals surface area (Å²) in [5.74, 6) is 0.964. The second-order valence-electron chi connectivity index (χ2n) is 8.91. The Morgan fingerprint density at radius 1 is 0.931 bits per heavy atom. The predicted molar refractivity (Wildman–Crippen MR) is 111 cm³/mol. The third-order valence-electron chi connectivity index (χ3n) is 7.11. The summed E-state index contributed by atoms with van der Waals surface area (Å²) in [5, 5.41) is 0. The molecule has 0 spiro atoms. The number of fused-ring (bicyclic) bond motifs is 1. The van der Waals surface area contributed by atoms with Crippen LogP contribution in [0.3, 0.4) is 0 Å². The van der Waals surface area contributed by atoms with E-state index in [1.807, 2.05) is 9.80 Å². The van der Waals surface area contributed by atoms with Crippen molar-refractivity contribution in [3.05, 3.63) is 29.3 Å². The summed E-state index contributed by atoms with van der Waals surface area (Å²) in [5.41, 5.74) is 2.93. The lowest BCUT2D eigenvalue weighted by Crippen LogP contribution is -2.47. The van der Waals surface area contributed by atoms with Crippen molar-refractivity contribution >= 4 is 6.03 Å². The highest BCUT2D eigenvalue weighted by molar-refractivity contribution is 5.75. The molecule has 0 unspecified atom stereocenters. The fourth-order valence-electron chi connectivity index (χ4n) is 5.05. The zero-order valence-corrected chi connectivity index (χ0v) is 17.4. The average molecular weight is 400 g/mol. The van der Waals surface area contributed by atoms with E-state index in [-0.39, 0.29) is 12.1 Å². The summed E-state index contributed by atoms with van der Waals surface area (Å²) in [6.45, 7) is 6.52. The molecule has 6 nitrogen and oxygen atoms in total. The van der Waals surface area contributed by atoms with Crippen molar-refractivity contribution in [3.8, 4) is 5.75 Å². The number of urea groups is 1. The lowest BCUT2D eigenvalue weighted by molar-refractivity contribution is 0.0443. The number of amides is 2. The highest BCUT2D eigenvalue weighted by Gasteiger charge is 2.31. The van der Waals surface area contributed by atoms with Crippen molar-refractivity contribution in [3.63, 3.8) is 0 Å². The van der Waals surface area contributed by atoms with Gasteiger partial charge in [-0.3, -0.25) is 4.90 Å². The van der Waals surface area contributed by atoms with Gasteiger partial charge in [0, 0.05) is 45.2 Å². The molecular weight excluding hydrogens is 366 g/mol. The number of hydrogen-bond donors (Lipinski definition) is 0. The van der Waals surface area contributed by atoms with Crippen LogP contribution >= 0.6 is 0 Å². The molecule has 2 saturated heterocycles. The third kappa shape index (κ3) is 4.24. The Morgan fingerprint density at radius 3 is 2.48 bits per heavy atom. The van der Waals surface area contributed by atoms with E-state index in [0.717, 1.165) is 37.6 Å². The number of ether oxygens (including phenoxy) is 2. The van der Waals surface area contributed by atoms with Crippen molar-refractivity contribution in [1.29, 1.82) is 0 Å². The summed E-state index contributed by atoms with van der Waals surface area (Å²) in [7, 11) is 0. The van der Waals surface area contributed by atoms with Gasteiger partial charge in [0.1, 0.15) is 11.9 Å². The number of nitrogens with zero attached hydrogens (tertiary/aromatic N) is 3. The fraction of sp³-hybridized carbons (Fsp3) is 0.696. The second-order valence-corrected chi connectivity index (χ2v) is 8.91. The normalized spacial score (nSPS) is 26.0. The van der Waals surface area contributed by atoms with E-state index in [2.05, 4.69) is 23.1 Å². The quantitative estimate of drug-likeness (QED) is 0.784. The molecule has 1 aliphatic carbocycles. The smallest absolute Gasteiger partial charge is 0.320 e. The van der Waals surface area contributed by atoms with Gasteiger partial charge in [-0.1, -0.05) is 12.5 Å². The minimum absolute atomic E-state index is 0.0929. The summed E-state index contributed by atoms with van der Waals surface area (Å²) in [6, 6.07) is 7.61. The molecule has 4 aliphatic rings. The molecule has 3 fully saturated rings. The maximum absolute atomic E-state index is 12.7. The predicted octanol–water partition coefficient (Wildman–Crippen LogP) is 2.54. The van der Waals surface area contributed by atoms with Crippen LogP contribution in [-0.4, -0.2) is 85.4 Å². The minimum Gasteiger partial charge on any atom is -0.489 e. The van der Waals surface area contributed by atoms with Crippen LogP contribution in [-0.2, 0) is 17.6 Å². The number of likely N-dealkylation sites (tertiary alicyclic amines) is 1. The summed E-state index contributed by atoms with van der Waals surface area (Å²) < 4.78 is 11.7. The first-order valence-corrected chi connectivity index (χ1v) is 11.4. The monoisotopic (exact) mass is 399 g/mol. The number of rotatable bonds is 3. The molecule has 1 aromatic carbocycles. The van der Waals surface area contributed by atoms with E-state index < -0.39 is 0 Å². The summed E-state index contributed by atoms with van der Waals surface area (Å²) >= 11 is 0. The number of benzene rings is 1. The zero-order chi connectivity index (χ0) is 19.6. The molecule has 2 amide bonds. The Balaban J connectivity index is 1.17. The molecule has 3 heterocycles. The van der Waals surface area contributed by atoms with Crippen LogP contribution in [0.4, 0.5) is 4.79 Å². The molecule has 1 atom stereocenters. The van der Waals surface area contributed by atoms with E-state index in [9.17, 15) is 4.79 Å². The van der Waals surface area contributed by atoms with E-state index >= 15 is 0 Å². The van der Waals surface area contributed by atoms with Gasteiger partial charge in [0.25, 0.3) is 0 Å². The van der Waals surface area contributed by atoms with E-state index in [4.69, 9.17) is 9.47 Å². The SMILES string of the molecule is O=C(N1CCOCC1)N1CC[C@H](Oc2ccc3c(c2)CCN(C2CCC2)CC3)C1. The highest BCUT2D eigenvalue weighted by Crippen LogP contribution is 2.29. The van der Waals surface area contributed by atoms with Gasteiger partial charge in [-0.15, -0.1) is 0 Å². The Kier molecular flexibility index (Phi) is 5.64. The van der Waals surface area contributed by atoms with Gasteiger partial charge >= 0.3 is 6.03 Å². The maximum atomic E-state index is 12.7. The number of carbonyl (C=O) groups excluding carboxylic acids is 1. The molecule has 6 heteroatoms. The van der Waals surface area contributed by atoms with Gasteiger partial charge < -0.3 is 19.3 Å². The zero-order valence-electron chi connectivity index (χ0n) is 17.4. The Morgan fingerprint density at radius 2 is 1.72 bits per heavy atom. The third-order valence-corrected chi connectivity index (χ3v) is 7.11. The molecule has 0 N–H and O–H groups in total. The van der Waals surface area contributed by atoms with Gasteiger partial charge in [-0.2, -0.15) is 0 Å². The molecule has 1 aromatic rings. The Hall–Kier alpha value is -1.79. The summed E-state index contributed by atoms with van der Waals surface area (Å²) in [6.07, 6.45) is 7.43. The average Bonchev–Trinajstić information content (AvgIpc) is 3.08. The van der Waals surface area contributed by atoms with Gasteiger partial charge in [0.2, 0.25) is 0 Å². The molecule has 158 valence electrons. The molecule has 29 heavy (non-hydrogen) atoms. The van der Waals surface area contributed by atoms with Gasteiger partial charge in [-0.25, -0.2) is 4.79 Å². The topological polar surface area (TPSA) is 45.3 Å². The second kappa shape index (κ2) is 8.52. The first-order valence-electron chi connectivity index (χ1n) is 11.4. The lowest BCUT2D eigenvalue weighted by Gasteiger charge is -2.36. The lowest BCUT2D eigenvalue weighted by atomic mass is 9.91. The van der Waals surface area contributed by atoms with Crippen molar-refractivity contribution in [2.24, 2.45) is 0 Å². The van der Waals surface area contributed by atoms with Crippen molar-refractivity contribution in [1.82, 2.24) is 14.7 Å². The Labute approximate surface area is 173 Å². The fourth-order valence-corrected chi connectivity index (χ4v) is 5.05. The Bertz CT molecular complexity index is 730. The maximum Gasteiger partial charge on any atom is 0.320 e. The van der Waals surface area contributed by atoms with E-state index in [0.29, 0.717) is 32.8 Å². The van der Waals surface area contributed by atoms with Gasteiger partial charge in [0.05, 0.1) is 19.8 Å². The summed E-state index contributed by atoms with van der Waals surface area (Å²) in [4.78, 5) is 19.2. The van der Waals surface area contributed by atoms with Crippen molar-refractivity contribution < 1.29 is 14.3 Å². The largest absolute Gasteiger partial charge is 0.489 e. The highest BCUT2D eigenvalue weighted by atomic mass is 16.5. The van der Waals surface area contributed by atoms with Crippen LogP contribution < -0.4 is 4.74 Å². The first kappa shape index (κ1) is 19.2. The number of morpholine rings is 1. The first-order chi connectivity index (χ1) is 14.3. The van der Waals surface area contributed by atoms with Crippen LogP contribution in [0, 0.1) is 0 Å². The van der Waals surface area contributed by atoms with Crippen LogP contribution in [0.2, 0.25) is 0 Å². The molecule has 0 radical (unpaired) electrons. The van der Waals surface area contributed by atoms with E-state index in [1.54, 1.807) is 0 Å². The molecule has 0 aromatic heterocycles. The minimum atomic E-state index is 0.0929. The molecule has 3 aliphatic heterocycles.